The van der Waals surface area contributed by atoms with Crippen LogP contribution in [0.4, 0.5) is 8.78 Å². The van der Waals surface area contributed by atoms with Gasteiger partial charge in [0.1, 0.15) is 5.75 Å². The van der Waals surface area contributed by atoms with Gasteiger partial charge in [0.25, 0.3) is 0 Å². The predicted molar refractivity (Wildman–Crippen MR) is 73.8 cm³/mol. The van der Waals surface area contributed by atoms with Gasteiger partial charge in [-0.3, -0.25) is 0 Å². The fourth-order valence-corrected chi connectivity index (χ4v) is 2.96. The second-order valence-corrected chi connectivity index (χ2v) is 5.53. The number of benzene rings is 1. The fourth-order valence-electron chi connectivity index (χ4n) is 2.96. The molecule has 0 bridgehead atoms. The van der Waals surface area contributed by atoms with E-state index in [4.69, 9.17) is 0 Å². The van der Waals surface area contributed by atoms with Crippen molar-refractivity contribution in [3.63, 3.8) is 0 Å². The molecule has 1 fully saturated rings. The lowest BCUT2D eigenvalue weighted by molar-refractivity contribution is -0.0498. The molecule has 0 aliphatic heterocycles. The van der Waals surface area contributed by atoms with Crippen LogP contribution in [-0.4, -0.2) is 11.7 Å². The van der Waals surface area contributed by atoms with Gasteiger partial charge in [0.15, 0.2) is 0 Å². The summed E-state index contributed by atoms with van der Waals surface area (Å²) in [6.07, 6.45) is 4.45. The minimum Gasteiger partial charge on any atom is -0.435 e. The maximum atomic E-state index is 12.1. The SMILES string of the molecule is N#CC1(C(O)c2ccc(OC(F)F)cc2)CCCCCC1. The van der Waals surface area contributed by atoms with Crippen molar-refractivity contribution in [1.29, 1.82) is 5.26 Å². The molecular weight excluding hydrogens is 276 g/mol. The Balaban J connectivity index is 2.17. The van der Waals surface area contributed by atoms with Gasteiger partial charge in [-0.05, 0) is 30.5 Å². The molecule has 21 heavy (non-hydrogen) atoms. The summed E-state index contributed by atoms with van der Waals surface area (Å²) in [6.45, 7) is -2.87. The van der Waals surface area contributed by atoms with Crippen molar-refractivity contribution in [3.8, 4) is 11.8 Å². The molecule has 1 aliphatic rings. The lowest BCUT2D eigenvalue weighted by Gasteiger charge is -2.30. The number of nitriles is 1. The monoisotopic (exact) mass is 295 g/mol. The number of hydrogen-bond donors (Lipinski definition) is 1. The number of rotatable bonds is 4. The zero-order valence-corrected chi connectivity index (χ0v) is 11.8. The molecular formula is C16H19F2NO2. The highest BCUT2D eigenvalue weighted by Gasteiger charge is 2.39. The van der Waals surface area contributed by atoms with Crippen LogP contribution in [-0.2, 0) is 0 Å². The number of hydrogen-bond acceptors (Lipinski definition) is 3. The average molecular weight is 295 g/mol. The summed E-state index contributed by atoms with van der Waals surface area (Å²) in [4.78, 5) is 0. The molecule has 1 aromatic rings. The van der Waals surface area contributed by atoms with Gasteiger partial charge in [0.05, 0.1) is 17.6 Å². The molecule has 0 amide bonds. The number of aliphatic hydroxyl groups excluding tert-OH is 1. The molecule has 1 unspecified atom stereocenters. The third kappa shape index (κ3) is 3.70. The largest absolute Gasteiger partial charge is 0.435 e. The van der Waals surface area contributed by atoms with E-state index in [9.17, 15) is 19.1 Å². The summed E-state index contributed by atoms with van der Waals surface area (Å²) >= 11 is 0. The highest BCUT2D eigenvalue weighted by molar-refractivity contribution is 5.30. The number of alkyl halides is 2. The van der Waals surface area contributed by atoms with E-state index in [1.807, 2.05) is 0 Å². The second-order valence-electron chi connectivity index (χ2n) is 5.53. The molecule has 1 atom stereocenters. The molecule has 0 heterocycles. The van der Waals surface area contributed by atoms with Crippen molar-refractivity contribution in [2.24, 2.45) is 5.41 Å². The zero-order valence-electron chi connectivity index (χ0n) is 11.8. The van der Waals surface area contributed by atoms with Crippen LogP contribution in [0.2, 0.25) is 0 Å². The molecule has 1 N–H and O–H groups in total. The van der Waals surface area contributed by atoms with Gasteiger partial charge in [0.2, 0.25) is 0 Å². The van der Waals surface area contributed by atoms with Gasteiger partial charge in [0, 0.05) is 0 Å². The topological polar surface area (TPSA) is 53.2 Å². The van der Waals surface area contributed by atoms with E-state index in [0.29, 0.717) is 18.4 Å². The van der Waals surface area contributed by atoms with Crippen LogP contribution in [0.5, 0.6) is 5.75 Å². The maximum absolute atomic E-state index is 12.1. The van der Waals surface area contributed by atoms with Crippen LogP contribution < -0.4 is 4.74 Å². The number of ether oxygens (including phenoxy) is 1. The van der Waals surface area contributed by atoms with Gasteiger partial charge in [-0.1, -0.05) is 37.8 Å². The Labute approximate surface area is 123 Å². The molecule has 1 aliphatic carbocycles. The quantitative estimate of drug-likeness (QED) is 0.847. The lowest BCUT2D eigenvalue weighted by atomic mass is 9.74. The molecule has 1 saturated carbocycles. The minimum absolute atomic E-state index is 0.0489. The first-order chi connectivity index (χ1) is 10.1. The van der Waals surface area contributed by atoms with E-state index in [0.717, 1.165) is 25.7 Å². The van der Waals surface area contributed by atoms with E-state index in [1.165, 1.54) is 12.1 Å². The van der Waals surface area contributed by atoms with Crippen molar-refractivity contribution in [2.45, 2.75) is 51.2 Å². The second kappa shape index (κ2) is 6.86. The predicted octanol–water partition coefficient (Wildman–Crippen LogP) is 4.19. The molecule has 5 heteroatoms. The number of aliphatic hydroxyl groups is 1. The Hall–Kier alpha value is -1.67. The Morgan fingerprint density at radius 1 is 1.10 bits per heavy atom. The lowest BCUT2D eigenvalue weighted by Crippen LogP contribution is -2.27. The van der Waals surface area contributed by atoms with E-state index >= 15 is 0 Å². The molecule has 114 valence electrons. The summed E-state index contributed by atoms with van der Waals surface area (Å²) in [7, 11) is 0. The Kier molecular flexibility index (Phi) is 5.13. The Morgan fingerprint density at radius 3 is 2.14 bits per heavy atom. The smallest absolute Gasteiger partial charge is 0.387 e. The summed E-state index contributed by atoms with van der Waals surface area (Å²) in [5.41, 5.74) is -0.207. The molecule has 2 rings (SSSR count). The van der Waals surface area contributed by atoms with Crippen molar-refractivity contribution in [2.75, 3.05) is 0 Å². The first-order valence-electron chi connectivity index (χ1n) is 7.21. The van der Waals surface area contributed by atoms with Gasteiger partial charge in [-0.25, -0.2) is 0 Å². The third-order valence-electron chi connectivity index (χ3n) is 4.16. The van der Waals surface area contributed by atoms with Gasteiger partial charge < -0.3 is 9.84 Å². The summed E-state index contributed by atoms with van der Waals surface area (Å²) < 4.78 is 28.5. The van der Waals surface area contributed by atoms with E-state index in [2.05, 4.69) is 10.8 Å². The first kappa shape index (κ1) is 15.7. The minimum atomic E-state index is -2.87. The highest BCUT2D eigenvalue weighted by Crippen LogP contribution is 2.44. The van der Waals surface area contributed by atoms with Gasteiger partial charge in [-0.15, -0.1) is 0 Å². The summed E-state index contributed by atoms with van der Waals surface area (Å²) in [5.74, 6) is 0.0489. The van der Waals surface area contributed by atoms with Crippen LogP contribution in [0.1, 0.15) is 50.2 Å². The molecule has 0 spiro atoms. The summed E-state index contributed by atoms with van der Waals surface area (Å²) in [6, 6.07) is 8.19. The van der Waals surface area contributed by atoms with Crippen molar-refractivity contribution >= 4 is 0 Å². The molecule has 0 saturated heterocycles. The Bertz CT molecular complexity index is 488. The zero-order chi connectivity index (χ0) is 15.3. The maximum Gasteiger partial charge on any atom is 0.387 e. The van der Waals surface area contributed by atoms with E-state index < -0.39 is 18.1 Å². The average Bonchev–Trinajstić information content (AvgIpc) is 2.73. The normalized spacial score (nSPS) is 19.6. The van der Waals surface area contributed by atoms with Crippen molar-refractivity contribution in [3.05, 3.63) is 29.8 Å². The fraction of sp³-hybridized carbons (Fsp3) is 0.562. The van der Waals surface area contributed by atoms with Crippen molar-refractivity contribution < 1.29 is 18.6 Å². The van der Waals surface area contributed by atoms with Crippen molar-refractivity contribution in [1.82, 2.24) is 0 Å². The summed E-state index contributed by atoms with van der Waals surface area (Å²) in [5, 5.41) is 20.1. The van der Waals surface area contributed by atoms with Gasteiger partial charge >= 0.3 is 6.61 Å². The molecule has 3 nitrogen and oxygen atoms in total. The third-order valence-corrected chi connectivity index (χ3v) is 4.16. The van der Waals surface area contributed by atoms with Crippen LogP contribution in [0.3, 0.4) is 0 Å². The molecule has 0 aromatic heterocycles. The van der Waals surface area contributed by atoms with E-state index in [-0.39, 0.29) is 5.75 Å². The van der Waals surface area contributed by atoms with Crippen LogP contribution >= 0.6 is 0 Å². The number of halogens is 2. The number of nitrogens with zero attached hydrogens (tertiary/aromatic N) is 1. The van der Waals surface area contributed by atoms with Gasteiger partial charge in [-0.2, -0.15) is 14.0 Å². The Morgan fingerprint density at radius 2 is 1.67 bits per heavy atom. The molecule has 1 aromatic carbocycles. The molecule has 0 radical (unpaired) electrons. The first-order valence-corrected chi connectivity index (χ1v) is 7.21. The van der Waals surface area contributed by atoms with Crippen LogP contribution in [0.15, 0.2) is 24.3 Å². The highest BCUT2D eigenvalue weighted by atomic mass is 19.3. The van der Waals surface area contributed by atoms with E-state index in [1.54, 1.807) is 12.1 Å². The standard InChI is InChI=1S/C16H19F2NO2/c17-15(18)21-13-7-5-12(6-8-13)14(20)16(11-19)9-3-1-2-4-10-16/h5-8,14-15,20H,1-4,9-10H2. The van der Waals surface area contributed by atoms with Crippen LogP contribution in [0, 0.1) is 16.7 Å². The van der Waals surface area contributed by atoms with Crippen LogP contribution in [0.25, 0.3) is 0 Å².